The third-order valence-electron chi connectivity index (χ3n) is 4.64. The predicted octanol–water partition coefficient (Wildman–Crippen LogP) is 1.81. The molecule has 0 radical (unpaired) electrons. The minimum atomic E-state index is -0.591. The average Bonchev–Trinajstić information content (AvgIpc) is 3.08. The van der Waals surface area contributed by atoms with Crippen LogP contribution in [0.2, 0.25) is 5.02 Å². The summed E-state index contributed by atoms with van der Waals surface area (Å²) in [5.74, 6) is -0.105. The van der Waals surface area contributed by atoms with Crippen LogP contribution in [-0.2, 0) is 23.2 Å². The largest absolute Gasteiger partial charge is 0.355 e. The summed E-state index contributed by atoms with van der Waals surface area (Å²) in [5.41, 5.74) is 0.722. The molecule has 1 fully saturated rings. The molecule has 2 amide bonds. The van der Waals surface area contributed by atoms with Crippen molar-refractivity contribution in [3.05, 3.63) is 47.0 Å². The number of benzene rings is 1. The predicted molar refractivity (Wildman–Crippen MR) is 110 cm³/mol. The molecule has 156 valence electrons. The van der Waals surface area contributed by atoms with Crippen LogP contribution in [0, 0.1) is 5.82 Å². The van der Waals surface area contributed by atoms with Gasteiger partial charge in [-0.05, 0) is 17.7 Å². The highest BCUT2D eigenvalue weighted by molar-refractivity contribution is 7.99. The molecule has 2 aromatic rings. The number of carbonyl (C=O) groups is 2. The van der Waals surface area contributed by atoms with Crippen LogP contribution in [0.1, 0.15) is 12.0 Å². The molecular weight excluding hydrogens is 417 g/mol. The number of thioether (sulfide) groups is 1. The van der Waals surface area contributed by atoms with Crippen molar-refractivity contribution in [2.24, 2.45) is 7.05 Å². The van der Waals surface area contributed by atoms with E-state index in [0.717, 1.165) is 10.7 Å². The zero-order chi connectivity index (χ0) is 20.8. The zero-order valence-corrected chi connectivity index (χ0v) is 17.6. The molecule has 1 unspecified atom stereocenters. The maximum atomic E-state index is 13.3. The first kappa shape index (κ1) is 21.6. The maximum Gasteiger partial charge on any atom is 0.237 e. The number of piperazine rings is 1. The third kappa shape index (κ3) is 5.94. The number of nitrogens with one attached hydrogen (secondary N) is 2. The van der Waals surface area contributed by atoms with Gasteiger partial charge in [-0.2, -0.15) is 0 Å². The monoisotopic (exact) mass is 439 g/mol. The van der Waals surface area contributed by atoms with E-state index in [1.54, 1.807) is 24.0 Å². The van der Waals surface area contributed by atoms with E-state index in [0.29, 0.717) is 37.0 Å². The number of amides is 2. The van der Waals surface area contributed by atoms with Crippen molar-refractivity contribution in [2.75, 3.05) is 25.4 Å². The van der Waals surface area contributed by atoms with Crippen LogP contribution < -0.4 is 10.6 Å². The summed E-state index contributed by atoms with van der Waals surface area (Å²) in [6, 6.07) is 3.61. The average molecular weight is 440 g/mol. The lowest BCUT2D eigenvalue weighted by molar-refractivity contribution is -0.134. The molecule has 1 aromatic heterocycles. The fourth-order valence-corrected chi connectivity index (χ4v) is 4.13. The molecule has 0 saturated carbocycles. The standard InChI is InChI=1S/C19H23ClFN5O2S/c1-25-7-4-24-19(25)29-9-6-22-17(27)11-16-18(28)23-5-8-26(16)12-13-2-3-14(21)10-15(13)20/h2-4,7,10,16H,5-6,8-9,11-12H2,1H3,(H,22,27)(H,23,28). The Kier molecular flexibility index (Phi) is 7.51. The van der Waals surface area contributed by atoms with Gasteiger partial charge in [0.2, 0.25) is 11.8 Å². The van der Waals surface area contributed by atoms with Crippen molar-refractivity contribution in [1.82, 2.24) is 25.1 Å². The number of aryl methyl sites for hydroxylation is 1. The molecule has 1 saturated heterocycles. The molecule has 10 heteroatoms. The van der Waals surface area contributed by atoms with Crippen LogP contribution in [0.4, 0.5) is 4.39 Å². The van der Waals surface area contributed by atoms with Crippen molar-refractivity contribution >= 4 is 35.2 Å². The number of hydrogen-bond donors (Lipinski definition) is 2. The smallest absolute Gasteiger partial charge is 0.237 e. The van der Waals surface area contributed by atoms with E-state index in [4.69, 9.17) is 11.6 Å². The van der Waals surface area contributed by atoms with Gasteiger partial charge < -0.3 is 15.2 Å². The quantitative estimate of drug-likeness (QED) is 0.484. The Balaban J connectivity index is 1.52. The second-order valence-electron chi connectivity index (χ2n) is 6.74. The van der Waals surface area contributed by atoms with Gasteiger partial charge in [-0.25, -0.2) is 9.37 Å². The lowest BCUT2D eigenvalue weighted by Gasteiger charge is -2.34. The fraction of sp³-hybridized carbons (Fsp3) is 0.421. The first-order chi connectivity index (χ1) is 13.9. The van der Waals surface area contributed by atoms with Gasteiger partial charge in [0.15, 0.2) is 5.16 Å². The molecule has 1 aliphatic rings. The number of halogens is 2. The molecule has 29 heavy (non-hydrogen) atoms. The van der Waals surface area contributed by atoms with Crippen LogP contribution in [-0.4, -0.2) is 57.7 Å². The van der Waals surface area contributed by atoms with Crippen molar-refractivity contribution in [3.63, 3.8) is 0 Å². The van der Waals surface area contributed by atoms with Gasteiger partial charge in [0.1, 0.15) is 5.82 Å². The molecule has 2 N–H and O–H groups in total. The molecular formula is C19H23ClFN5O2S. The van der Waals surface area contributed by atoms with Crippen LogP contribution in [0.25, 0.3) is 0 Å². The fourth-order valence-electron chi connectivity index (χ4n) is 3.11. The molecule has 3 rings (SSSR count). The molecule has 2 heterocycles. The van der Waals surface area contributed by atoms with Gasteiger partial charge in [0.25, 0.3) is 0 Å². The number of hydrogen-bond acceptors (Lipinski definition) is 5. The molecule has 1 atom stereocenters. The van der Waals surface area contributed by atoms with E-state index in [9.17, 15) is 14.0 Å². The lowest BCUT2D eigenvalue weighted by atomic mass is 10.1. The minimum Gasteiger partial charge on any atom is -0.355 e. The number of nitrogens with zero attached hydrogens (tertiary/aromatic N) is 3. The first-order valence-electron chi connectivity index (χ1n) is 9.26. The van der Waals surface area contributed by atoms with E-state index in [-0.39, 0.29) is 18.2 Å². The maximum absolute atomic E-state index is 13.3. The Morgan fingerprint density at radius 2 is 2.31 bits per heavy atom. The normalized spacial score (nSPS) is 17.2. The van der Waals surface area contributed by atoms with Crippen molar-refractivity contribution < 1.29 is 14.0 Å². The van der Waals surface area contributed by atoms with Crippen molar-refractivity contribution in [2.45, 2.75) is 24.2 Å². The third-order valence-corrected chi connectivity index (χ3v) is 6.05. The van der Waals surface area contributed by atoms with Crippen molar-refractivity contribution in [3.8, 4) is 0 Å². The van der Waals surface area contributed by atoms with E-state index < -0.39 is 11.9 Å². The number of rotatable bonds is 8. The zero-order valence-electron chi connectivity index (χ0n) is 16.0. The Morgan fingerprint density at radius 1 is 1.48 bits per heavy atom. The SMILES string of the molecule is Cn1ccnc1SCCNC(=O)CC1C(=O)NCCN1Cc1ccc(F)cc1Cl. The molecule has 1 aromatic carbocycles. The summed E-state index contributed by atoms with van der Waals surface area (Å²) >= 11 is 7.67. The van der Waals surface area contributed by atoms with Crippen LogP contribution in [0.15, 0.2) is 35.7 Å². The first-order valence-corrected chi connectivity index (χ1v) is 10.6. The summed E-state index contributed by atoms with van der Waals surface area (Å²) in [5, 5.41) is 6.85. The van der Waals surface area contributed by atoms with Crippen LogP contribution >= 0.6 is 23.4 Å². The van der Waals surface area contributed by atoms with E-state index in [1.807, 2.05) is 22.7 Å². The highest BCUT2D eigenvalue weighted by Crippen LogP contribution is 2.21. The highest BCUT2D eigenvalue weighted by Gasteiger charge is 2.31. The van der Waals surface area contributed by atoms with Gasteiger partial charge in [-0.1, -0.05) is 29.4 Å². The number of aromatic nitrogens is 2. The molecule has 7 nitrogen and oxygen atoms in total. The minimum absolute atomic E-state index is 0.0533. The van der Waals surface area contributed by atoms with Gasteiger partial charge >= 0.3 is 0 Å². The van der Waals surface area contributed by atoms with E-state index in [1.165, 1.54) is 12.1 Å². The summed E-state index contributed by atoms with van der Waals surface area (Å²) in [4.78, 5) is 30.8. The Labute approximate surface area is 178 Å². The van der Waals surface area contributed by atoms with Gasteiger partial charge in [-0.3, -0.25) is 14.5 Å². The van der Waals surface area contributed by atoms with Gasteiger partial charge in [-0.15, -0.1) is 0 Å². The highest BCUT2D eigenvalue weighted by atomic mass is 35.5. The summed E-state index contributed by atoms with van der Waals surface area (Å²) in [6.07, 6.45) is 3.65. The number of imidazole rings is 1. The van der Waals surface area contributed by atoms with Gasteiger partial charge in [0.05, 0.1) is 12.5 Å². The molecule has 0 aliphatic carbocycles. The van der Waals surface area contributed by atoms with E-state index >= 15 is 0 Å². The Bertz CT molecular complexity index is 878. The molecule has 0 bridgehead atoms. The summed E-state index contributed by atoms with van der Waals surface area (Å²) in [7, 11) is 1.91. The summed E-state index contributed by atoms with van der Waals surface area (Å²) < 4.78 is 15.2. The molecule has 0 spiro atoms. The second-order valence-corrected chi connectivity index (χ2v) is 8.21. The van der Waals surface area contributed by atoms with Crippen LogP contribution in [0.5, 0.6) is 0 Å². The van der Waals surface area contributed by atoms with Crippen LogP contribution in [0.3, 0.4) is 0 Å². The second kappa shape index (κ2) is 10.1. The lowest BCUT2D eigenvalue weighted by Crippen LogP contribution is -2.56. The van der Waals surface area contributed by atoms with E-state index in [2.05, 4.69) is 15.6 Å². The van der Waals surface area contributed by atoms with Crippen molar-refractivity contribution in [1.29, 1.82) is 0 Å². The Morgan fingerprint density at radius 3 is 3.03 bits per heavy atom. The van der Waals surface area contributed by atoms with Gasteiger partial charge in [0, 0.05) is 56.4 Å². The topological polar surface area (TPSA) is 79.3 Å². The summed E-state index contributed by atoms with van der Waals surface area (Å²) in [6.45, 7) is 1.94. The number of carbonyl (C=O) groups excluding carboxylic acids is 2. The Hall–Kier alpha value is -2.10. The molecule has 1 aliphatic heterocycles.